The van der Waals surface area contributed by atoms with E-state index in [2.05, 4.69) is 10.1 Å². The highest BCUT2D eigenvalue weighted by Crippen LogP contribution is 2.20. The van der Waals surface area contributed by atoms with Crippen LogP contribution in [-0.2, 0) is 11.3 Å². The lowest BCUT2D eigenvalue weighted by Gasteiger charge is -2.32. The fourth-order valence-electron chi connectivity index (χ4n) is 2.64. The van der Waals surface area contributed by atoms with Crippen LogP contribution in [0.15, 0.2) is 41.8 Å². The maximum Gasteiger partial charge on any atom is 0.250 e. The highest BCUT2D eigenvalue weighted by Gasteiger charge is 2.25. The number of hydrogen-bond donors (Lipinski definition) is 0. The highest BCUT2D eigenvalue weighted by molar-refractivity contribution is 5.76. The van der Waals surface area contributed by atoms with Gasteiger partial charge in [-0.3, -0.25) is 9.59 Å². The number of pyridine rings is 1. The summed E-state index contributed by atoms with van der Waals surface area (Å²) in [6.07, 6.45) is 6.74. The molecule has 7 heteroatoms. The molecule has 1 saturated heterocycles. The van der Waals surface area contributed by atoms with Gasteiger partial charge < -0.3 is 9.47 Å². The number of aromatic nitrogens is 4. The largest absolute Gasteiger partial charge is 0.339 e. The minimum Gasteiger partial charge on any atom is -0.339 e. The van der Waals surface area contributed by atoms with Crippen LogP contribution < -0.4 is 5.56 Å². The third kappa shape index (κ3) is 3.01. The van der Waals surface area contributed by atoms with Gasteiger partial charge in [-0.25, -0.2) is 9.67 Å². The van der Waals surface area contributed by atoms with Gasteiger partial charge in [-0.05, 0) is 18.9 Å². The summed E-state index contributed by atoms with van der Waals surface area (Å²) in [5.41, 5.74) is -0.157. The van der Waals surface area contributed by atoms with Gasteiger partial charge >= 0.3 is 0 Å². The molecule has 1 aliphatic rings. The Morgan fingerprint density at radius 3 is 3.05 bits per heavy atom. The van der Waals surface area contributed by atoms with Crippen LogP contribution >= 0.6 is 0 Å². The molecule has 7 nitrogen and oxygen atoms in total. The van der Waals surface area contributed by atoms with Gasteiger partial charge in [-0.15, -0.1) is 0 Å². The molecule has 0 spiro atoms. The predicted molar refractivity (Wildman–Crippen MR) is 75.6 cm³/mol. The maximum atomic E-state index is 12.4. The Balaban J connectivity index is 1.67. The second-order valence-electron chi connectivity index (χ2n) is 5.18. The summed E-state index contributed by atoms with van der Waals surface area (Å²) in [6, 6.07) is 5.05. The van der Waals surface area contributed by atoms with Gasteiger partial charge in [0.05, 0.1) is 6.04 Å². The number of nitrogens with zero attached hydrogens (tertiary/aromatic N) is 5. The van der Waals surface area contributed by atoms with Gasteiger partial charge in [0, 0.05) is 25.4 Å². The van der Waals surface area contributed by atoms with Gasteiger partial charge in [0.15, 0.2) is 0 Å². The van der Waals surface area contributed by atoms with Crippen molar-refractivity contribution in [2.24, 2.45) is 0 Å². The highest BCUT2D eigenvalue weighted by atomic mass is 16.2. The van der Waals surface area contributed by atoms with Crippen molar-refractivity contribution in [2.75, 3.05) is 13.1 Å². The average molecular weight is 287 g/mol. The van der Waals surface area contributed by atoms with Crippen molar-refractivity contribution in [1.29, 1.82) is 0 Å². The molecule has 0 aliphatic carbocycles. The van der Waals surface area contributed by atoms with Crippen LogP contribution in [0.2, 0.25) is 0 Å². The summed E-state index contributed by atoms with van der Waals surface area (Å²) in [5, 5.41) is 4.14. The lowest BCUT2D eigenvalue weighted by atomic mass is 10.1. The normalized spacial score (nSPS) is 18.7. The van der Waals surface area contributed by atoms with Crippen molar-refractivity contribution < 1.29 is 4.79 Å². The first-order valence-corrected chi connectivity index (χ1v) is 7.01. The van der Waals surface area contributed by atoms with E-state index in [4.69, 9.17) is 0 Å². The Morgan fingerprint density at radius 1 is 1.38 bits per heavy atom. The molecule has 1 atom stereocenters. The zero-order valence-corrected chi connectivity index (χ0v) is 11.6. The molecule has 1 unspecified atom stereocenters. The van der Waals surface area contributed by atoms with Crippen LogP contribution in [0, 0.1) is 0 Å². The zero-order valence-electron chi connectivity index (χ0n) is 11.6. The summed E-state index contributed by atoms with van der Waals surface area (Å²) in [4.78, 5) is 29.8. The first-order valence-electron chi connectivity index (χ1n) is 7.01. The molecule has 3 heterocycles. The van der Waals surface area contributed by atoms with Gasteiger partial charge in [0.2, 0.25) is 5.91 Å². The third-order valence-corrected chi connectivity index (χ3v) is 3.76. The molecular formula is C14H17N5O2. The van der Waals surface area contributed by atoms with E-state index < -0.39 is 0 Å². The second-order valence-corrected chi connectivity index (χ2v) is 5.18. The maximum absolute atomic E-state index is 12.4. The molecule has 3 rings (SSSR count). The first kappa shape index (κ1) is 13.5. The summed E-state index contributed by atoms with van der Waals surface area (Å²) < 4.78 is 3.23. The number of carbonyl (C=O) groups excluding carboxylic acids is 1. The Labute approximate surface area is 121 Å². The minimum atomic E-state index is -0.157. The van der Waals surface area contributed by atoms with Gasteiger partial charge in [-0.1, -0.05) is 6.07 Å². The summed E-state index contributed by atoms with van der Waals surface area (Å²) in [7, 11) is 0. The molecule has 110 valence electrons. The quantitative estimate of drug-likeness (QED) is 0.814. The van der Waals surface area contributed by atoms with Crippen LogP contribution in [0.25, 0.3) is 0 Å². The number of amides is 1. The molecule has 0 saturated carbocycles. The number of carbonyl (C=O) groups is 1. The molecule has 1 fully saturated rings. The van der Waals surface area contributed by atoms with E-state index in [-0.39, 0.29) is 24.1 Å². The van der Waals surface area contributed by atoms with Crippen molar-refractivity contribution in [3.63, 3.8) is 0 Å². The lowest BCUT2D eigenvalue weighted by molar-refractivity contribution is -0.133. The smallest absolute Gasteiger partial charge is 0.250 e. The van der Waals surface area contributed by atoms with Crippen molar-refractivity contribution in [2.45, 2.75) is 25.4 Å². The van der Waals surface area contributed by atoms with Gasteiger partial charge in [0.1, 0.15) is 19.2 Å². The lowest BCUT2D eigenvalue weighted by Crippen LogP contribution is -2.43. The predicted octanol–water partition coefficient (Wildman–Crippen LogP) is 0.303. The third-order valence-electron chi connectivity index (χ3n) is 3.76. The fourth-order valence-corrected chi connectivity index (χ4v) is 2.64. The van der Waals surface area contributed by atoms with Gasteiger partial charge in [0.25, 0.3) is 5.56 Å². The molecule has 1 amide bonds. The average Bonchev–Trinajstić information content (AvgIpc) is 3.04. The van der Waals surface area contributed by atoms with Gasteiger partial charge in [-0.2, -0.15) is 5.10 Å². The van der Waals surface area contributed by atoms with Crippen molar-refractivity contribution in [1.82, 2.24) is 24.2 Å². The monoisotopic (exact) mass is 287 g/mol. The molecule has 2 aromatic heterocycles. The fraction of sp³-hybridized carbons (Fsp3) is 0.429. The topological polar surface area (TPSA) is 73.0 Å². The van der Waals surface area contributed by atoms with E-state index >= 15 is 0 Å². The van der Waals surface area contributed by atoms with Crippen molar-refractivity contribution in [3.8, 4) is 0 Å². The number of hydrogen-bond acceptors (Lipinski definition) is 4. The van der Waals surface area contributed by atoms with E-state index in [1.807, 2.05) is 0 Å². The Hall–Kier alpha value is -2.44. The SMILES string of the molecule is O=C(Cn1ccccc1=O)N1CCCC(n2cncn2)C1. The molecule has 21 heavy (non-hydrogen) atoms. The molecule has 1 aliphatic heterocycles. The Morgan fingerprint density at radius 2 is 2.29 bits per heavy atom. The van der Waals surface area contributed by atoms with Crippen molar-refractivity contribution in [3.05, 3.63) is 47.4 Å². The molecule has 0 radical (unpaired) electrons. The van der Waals surface area contributed by atoms with E-state index in [9.17, 15) is 9.59 Å². The second kappa shape index (κ2) is 5.90. The molecule has 0 aromatic carbocycles. The molecular weight excluding hydrogens is 270 g/mol. The number of likely N-dealkylation sites (tertiary alicyclic amines) is 1. The zero-order chi connectivity index (χ0) is 14.7. The number of rotatable bonds is 3. The first-order chi connectivity index (χ1) is 10.2. The van der Waals surface area contributed by atoms with Crippen LogP contribution in [0.3, 0.4) is 0 Å². The summed E-state index contributed by atoms with van der Waals surface area (Å²) >= 11 is 0. The van der Waals surface area contributed by atoms with Crippen molar-refractivity contribution >= 4 is 5.91 Å². The van der Waals surface area contributed by atoms with E-state index in [1.165, 1.54) is 17.0 Å². The van der Waals surface area contributed by atoms with Crippen LogP contribution in [0.5, 0.6) is 0 Å². The van der Waals surface area contributed by atoms with Crippen LogP contribution in [0.4, 0.5) is 0 Å². The number of piperidine rings is 1. The standard InChI is InChI=1S/C14H17N5O2/c20-13-5-1-2-6-18(13)9-14(21)17-7-3-4-12(8-17)19-11-15-10-16-19/h1-2,5-6,10-12H,3-4,7-9H2. The Kier molecular flexibility index (Phi) is 3.81. The Bertz CT molecular complexity index is 664. The molecule has 0 bridgehead atoms. The summed E-state index contributed by atoms with van der Waals surface area (Å²) in [6.45, 7) is 1.43. The van der Waals surface area contributed by atoms with E-state index in [0.29, 0.717) is 6.54 Å². The van der Waals surface area contributed by atoms with E-state index in [1.54, 1.807) is 34.2 Å². The minimum absolute atomic E-state index is 0.0342. The van der Waals surface area contributed by atoms with Crippen LogP contribution in [-0.4, -0.2) is 43.2 Å². The summed E-state index contributed by atoms with van der Waals surface area (Å²) in [5.74, 6) is -0.0342. The van der Waals surface area contributed by atoms with E-state index in [0.717, 1.165) is 19.4 Å². The molecule has 2 aromatic rings. The van der Waals surface area contributed by atoms with Crippen LogP contribution in [0.1, 0.15) is 18.9 Å². The molecule has 0 N–H and O–H groups in total.